The first kappa shape index (κ1) is 19.9. The Balaban J connectivity index is 1.84. The van der Waals surface area contributed by atoms with Gasteiger partial charge in [-0.3, -0.25) is 4.79 Å². The number of nitrogen functional groups attached to an aromatic ring is 1. The van der Waals surface area contributed by atoms with Crippen LogP contribution in [0.4, 0.5) is 14.7 Å². The molecule has 0 aliphatic heterocycles. The average Bonchev–Trinajstić information content (AvgIpc) is 2.72. The summed E-state index contributed by atoms with van der Waals surface area (Å²) < 4.78 is 34.1. The summed E-state index contributed by atoms with van der Waals surface area (Å²) >= 11 is 0. The zero-order valence-corrected chi connectivity index (χ0v) is 16.7. The Kier molecular flexibility index (Phi) is 5.20. The number of Topliss-reactive ketones (excluding diaryl/α,β-unsaturated/α-hetero) is 1. The second-order valence-electron chi connectivity index (χ2n) is 7.29. The number of nitrogens with two attached hydrogens (primary N) is 1. The van der Waals surface area contributed by atoms with Crippen LogP contribution in [0.2, 0.25) is 0 Å². The molecule has 7 heteroatoms. The highest BCUT2D eigenvalue weighted by molar-refractivity contribution is 6.00. The smallest absolute Gasteiger partial charge is 0.220 e. The summed E-state index contributed by atoms with van der Waals surface area (Å²) in [6, 6.07) is 8.95. The van der Waals surface area contributed by atoms with E-state index in [4.69, 9.17) is 10.5 Å². The molecule has 1 aliphatic carbocycles. The molecule has 0 amide bonds. The van der Waals surface area contributed by atoms with E-state index in [0.29, 0.717) is 40.9 Å². The monoisotopic (exact) mass is 409 g/mol. The van der Waals surface area contributed by atoms with Gasteiger partial charge in [0.15, 0.2) is 17.3 Å². The highest BCUT2D eigenvalue weighted by Gasteiger charge is 2.32. The van der Waals surface area contributed by atoms with E-state index in [1.165, 1.54) is 25.3 Å². The minimum Gasteiger partial charge on any atom is -0.494 e. The zero-order valence-electron chi connectivity index (χ0n) is 16.7. The molecule has 4 rings (SSSR count). The minimum atomic E-state index is -0.575. The molecule has 0 spiro atoms. The maximum atomic E-state index is 15.0. The van der Waals surface area contributed by atoms with E-state index >= 15 is 0 Å². The van der Waals surface area contributed by atoms with E-state index in [9.17, 15) is 13.6 Å². The number of ketones is 1. The summed E-state index contributed by atoms with van der Waals surface area (Å²) in [6.45, 7) is 1.91. The van der Waals surface area contributed by atoms with Gasteiger partial charge in [-0.1, -0.05) is 25.1 Å². The Hall–Kier alpha value is -3.35. The summed E-state index contributed by atoms with van der Waals surface area (Å²) in [6.07, 6.45) is 1.21. The van der Waals surface area contributed by atoms with E-state index < -0.39 is 11.6 Å². The van der Waals surface area contributed by atoms with Gasteiger partial charge in [0.2, 0.25) is 5.95 Å². The van der Waals surface area contributed by atoms with Gasteiger partial charge in [0, 0.05) is 12.0 Å². The summed E-state index contributed by atoms with van der Waals surface area (Å²) in [7, 11) is 1.38. The number of halogens is 2. The number of benzene rings is 2. The number of carbonyl (C=O) groups excluding carboxylic acids is 1. The molecule has 0 saturated carbocycles. The third kappa shape index (κ3) is 3.40. The number of rotatable bonds is 4. The van der Waals surface area contributed by atoms with Crippen LogP contribution < -0.4 is 10.5 Å². The third-order valence-electron chi connectivity index (χ3n) is 5.49. The Labute approximate surface area is 172 Å². The highest BCUT2D eigenvalue weighted by Crippen LogP contribution is 2.40. The molecular formula is C23H21F2N3O2. The van der Waals surface area contributed by atoms with Gasteiger partial charge in [0.1, 0.15) is 5.82 Å². The number of nitrogens with zero attached hydrogens (tertiary/aromatic N) is 2. The first-order valence-corrected chi connectivity index (χ1v) is 9.73. The number of aryl methyl sites for hydroxylation is 1. The molecule has 5 nitrogen and oxygen atoms in total. The average molecular weight is 409 g/mol. The SMILES string of the molecule is CCc1nc(N)nc2c1C(=O)CC(c1ccc(F)cc1-c1cccc(OC)c1F)C2. The number of aromatic nitrogens is 2. The van der Waals surface area contributed by atoms with Crippen LogP contribution in [0.3, 0.4) is 0 Å². The Morgan fingerprint density at radius 3 is 2.67 bits per heavy atom. The quantitative estimate of drug-likeness (QED) is 0.687. The standard InChI is InChI=1S/C23H21F2N3O2/c1-3-17-21-18(28-23(26)27-17)9-12(10-19(21)29)14-8-7-13(24)11-16(14)15-5-4-6-20(30-2)22(15)25/h4-8,11-12H,3,9-10H2,1-2H3,(H2,26,27,28). The molecule has 2 N–H and O–H groups in total. The van der Waals surface area contributed by atoms with Crippen molar-refractivity contribution >= 4 is 11.7 Å². The fourth-order valence-corrected chi connectivity index (χ4v) is 4.15. The first-order chi connectivity index (χ1) is 14.4. The van der Waals surface area contributed by atoms with Crippen molar-refractivity contribution in [2.75, 3.05) is 12.8 Å². The largest absolute Gasteiger partial charge is 0.494 e. The van der Waals surface area contributed by atoms with E-state index in [1.807, 2.05) is 6.92 Å². The fourth-order valence-electron chi connectivity index (χ4n) is 4.15. The van der Waals surface area contributed by atoms with Crippen LogP contribution in [-0.4, -0.2) is 22.9 Å². The fraction of sp³-hybridized carbons (Fsp3) is 0.261. The molecule has 0 saturated heterocycles. The molecular weight excluding hydrogens is 388 g/mol. The van der Waals surface area contributed by atoms with Crippen LogP contribution in [0.15, 0.2) is 36.4 Å². The Bertz CT molecular complexity index is 1150. The Morgan fingerprint density at radius 1 is 1.13 bits per heavy atom. The lowest BCUT2D eigenvalue weighted by molar-refractivity contribution is 0.0961. The molecule has 3 aromatic rings. The van der Waals surface area contributed by atoms with Gasteiger partial charge in [-0.25, -0.2) is 18.7 Å². The van der Waals surface area contributed by atoms with Gasteiger partial charge in [-0.2, -0.15) is 0 Å². The third-order valence-corrected chi connectivity index (χ3v) is 5.49. The van der Waals surface area contributed by atoms with Crippen molar-refractivity contribution in [3.8, 4) is 16.9 Å². The molecule has 30 heavy (non-hydrogen) atoms. The number of hydrogen-bond acceptors (Lipinski definition) is 5. The molecule has 0 fully saturated rings. The number of methoxy groups -OCH3 is 1. The van der Waals surface area contributed by atoms with E-state index in [-0.39, 0.29) is 35.4 Å². The van der Waals surface area contributed by atoms with Gasteiger partial charge >= 0.3 is 0 Å². The van der Waals surface area contributed by atoms with Crippen molar-refractivity contribution < 1.29 is 18.3 Å². The topological polar surface area (TPSA) is 78.1 Å². The van der Waals surface area contributed by atoms with Crippen molar-refractivity contribution in [1.29, 1.82) is 0 Å². The maximum absolute atomic E-state index is 15.0. The maximum Gasteiger partial charge on any atom is 0.220 e. The molecule has 1 aliphatic rings. The van der Waals surface area contributed by atoms with Crippen LogP contribution in [0.5, 0.6) is 5.75 Å². The van der Waals surface area contributed by atoms with Gasteiger partial charge in [0.05, 0.1) is 24.1 Å². The van der Waals surface area contributed by atoms with E-state index in [1.54, 1.807) is 18.2 Å². The molecule has 1 aromatic heterocycles. The Morgan fingerprint density at radius 2 is 1.93 bits per heavy atom. The number of ether oxygens (including phenoxy) is 1. The normalized spacial score (nSPS) is 15.7. The predicted octanol–water partition coefficient (Wildman–Crippen LogP) is 4.49. The van der Waals surface area contributed by atoms with Crippen LogP contribution in [0.1, 0.15) is 46.6 Å². The molecule has 1 heterocycles. The van der Waals surface area contributed by atoms with Crippen LogP contribution >= 0.6 is 0 Å². The lowest BCUT2D eigenvalue weighted by Gasteiger charge is -2.26. The molecule has 2 aromatic carbocycles. The highest BCUT2D eigenvalue weighted by atomic mass is 19.1. The second-order valence-corrected chi connectivity index (χ2v) is 7.29. The number of anilines is 1. The molecule has 1 atom stereocenters. The van der Waals surface area contributed by atoms with Crippen molar-refractivity contribution in [1.82, 2.24) is 9.97 Å². The number of hydrogen-bond donors (Lipinski definition) is 1. The van der Waals surface area contributed by atoms with Gasteiger partial charge in [0.25, 0.3) is 0 Å². The van der Waals surface area contributed by atoms with E-state index in [2.05, 4.69) is 9.97 Å². The number of fused-ring (bicyclic) bond motifs is 1. The van der Waals surface area contributed by atoms with Crippen molar-refractivity contribution in [3.05, 3.63) is 70.5 Å². The van der Waals surface area contributed by atoms with Crippen LogP contribution in [-0.2, 0) is 12.8 Å². The van der Waals surface area contributed by atoms with Gasteiger partial charge in [-0.15, -0.1) is 0 Å². The van der Waals surface area contributed by atoms with Gasteiger partial charge in [-0.05, 0) is 48.1 Å². The minimum absolute atomic E-state index is 0.0703. The van der Waals surface area contributed by atoms with Crippen molar-refractivity contribution in [3.63, 3.8) is 0 Å². The predicted molar refractivity (Wildman–Crippen MR) is 110 cm³/mol. The second kappa shape index (κ2) is 7.82. The molecule has 0 bridgehead atoms. The molecule has 154 valence electrons. The summed E-state index contributed by atoms with van der Waals surface area (Å²) in [5.41, 5.74) is 8.88. The molecule has 1 unspecified atom stereocenters. The summed E-state index contributed by atoms with van der Waals surface area (Å²) in [4.78, 5) is 21.4. The van der Waals surface area contributed by atoms with Crippen molar-refractivity contribution in [2.45, 2.75) is 32.1 Å². The number of carbonyl (C=O) groups is 1. The van der Waals surface area contributed by atoms with Crippen molar-refractivity contribution in [2.24, 2.45) is 0 Å². The van der Waals surface area contributed by atoms with Crippen LogP contribution in [0.25, 0.3) is 11.1 Å². The lowest BCUT2D eigenvalue weighted by atomic mass is 9.78. The van der Waals surface area contributed by atoms with Gasteiger partial charge < -0.3 is 10.5 Å². The lowest BCUT2D eigenvalue weighted by Crippen LogP contribution is -2.24. The summed E-state index contributed by atoms with van der Waals surface area (Å²) in [5.74, 6) is -1.24. The summed E-state index contributed by atoms with van der Waals surface area (Å²) in [5, 5.41) is 0. The zero-order chi connectivity index (χ0) is 21.4. The van der Waals surface area contributed by atoms with E-state index in [0.717, 1.165) is 0 Å². The van der Waals surface area contributed by atoms with Crippen LogP contribution in [0, 0.1) is 11.6 Å². The molecule has 0 radical (unpaired) electrons. The first-order valence-electron chi connectivity index (χ1n) is 9.73.